The number of para-hydroxylation sites is 2. The van der Waals surface area contributed by atoms with Gasteiger partial charge in [-0.05, 0) is 60.1 Å². The Morgan fingerprint density at radius 1 is 0.541 bits per heavy atom. The molecule has 0 spiro atoms. The average molecular weight is 580 g/mol. The summed E-state index contributed by atoms with van der Waals surface area (Å²) in [6.07, 6.45) is 12.4. The summed E-state index contributed by atoms with van der Waals surface area (Å²) >= 11 is 0. The molecule has 0 fully saturated rings. The van der Waals surface area contributed by atoms with E-state index in [-0.39, 0.29) is 41.9 Å². The van der Waals surface area contributed by atoms with Crippen LogP contribution in [0, 0.1) is 0 Å². The molecule has 3 nitrogen and oxygen atoms in total. The van der Waals surface area contributed by atoms with E-state index in [4.69, 9.17) is 15.0 Å². The fourth-order valence-electron chi connectivity index (χ4n) is 4.38. The number of aryl methyl sites for hydroxylation is 4. The molecule has 3 aromatic rings. The summed E-state index contributed by atoms with van der Waals surface area (Å²) in [5, 5.41) is 0. The second kappa shape index (κ2) is 19.2. The molecule has 0 aliphatic heterocycles. The van der Waals surface area contributed by atoms with E-state index in [1.165, 1.54) is 22.3 Å². The summed E-state index contributed by atoms with van der Waals surface area (Å²) in [6.45, 7) is 8.87. The molecule has 0 unspecified atom stereocenters. The minimum atomic E-state index is 0. The van der Waals surface area contributed by atoms with E-state index in [1.807, 2.05) is 30.6 Å². The van der Waals surface area contributed by atoms with Gasteiger partial charge in [-0.3, -0.25) is 9.98 Å². The van der Waals surface area contributed by atoms with Crippen molar-refractivity contribution in [3.63, 3.8) is 0 Å². The third-order valence-corrected chi connectivity index (χ3v) is 5.93. The van der Waals surface area contributed by atoms with Crippen LogP contribution in [0.5, 0.6) is 0 Å². The Morgan fingerprint density at radius 3 is 1.14 bits per heavy atom. The second-order valence-corrected chi connectivity index (χ2v) is 8.85. The Hall–Kier alpha value is -1.97. The van der Waals surface area contributed by atoms with Crippen LogP contribution in [0.2, 0.25) is 0 Å². The number of benzene rings is 2. The molecule has 1 heterocycles. The molecule has 200 valence electrons. The van der Waals surface area contributed by atoms with Crippen LogP contribution in [-0.4, -0.2) is 17.4 Å². The summed E-state index contributed by atoms with van der Waals surface area (Å²) in [4.78, 5) is 14.6. The molecule has 0 saturated carbocycles. The van der Waals surface area contributed by atoms with E-state index in [0.717, 1.165) is 74.1 Å². The van der Waals surface area contributed by atoms with Gasteiger partial charge in [0.05, 0.1) is 35.2 Å². The molecule has 0 aliphatic carbocycles. The first kappa shape index (κ1) is 35.0. The number of pyridine rings is 1. The maximum absolute atomic E-state index is 4.92. The maximum Gasteiger partial charge on any atom is 2.00 e. The Balaban J connectivity index is 0.00000432. The number of hydrogen-bond donors (Lipinski definition) is 0. The molecule has 3 rings (SSSR count). The summed E-state index contributed by atoms with van der Waals surface area (Å²) in [7, 11) is 0. The standard InChI is InChI=1S/C31H39N3.2ClH.Fe/c1-5-12-24-16-9-17-25(13-6-2)30(24)32-22-28-20-11-21-29(34-28)23-33-31-26(14-7-3)18-10-19-27(31)15-8-4;;;/h9-11,16-23H,5-8,12-15H2,1-4H3;2*1H;/q;;;+2/p-2. The molecule has 0 bridgehead atoms. The molecule has 0 radical (unpaired) electrons. The first-order chi connectivity index (χ1) is 16.7. The topological polar surface area (TPSA) is 37.6 Å². The minimum Gasteiger partial charge on any atom is -1.00 e. The Bertz CT molecular complexity index is 996. The van der Waals surface area contributed by atoms with Gasteiger partial charge in [0.2, 0.25) is 0 Å². The van der Waals surface area contributed by atoms with Gasteiger partial charge in [-0.1, -0.05) is 95.8 Å². The van der Waals surface area contributed by atoms with Gasteiger partial charge < -0.3 is 24.8 Å². The molecule has 2 aromatic carbocycles. The van der Waals surface area contributed by atoms with E-state index in [0.29, 0.717) is 0 Å². The van der Waals surface area contributed by atoms with Crippen LogP contribution >= 0.6 is 0 Å². The van der Waals surface area contributed by atoms with Crippen LogP contribution in [0.1, 0.15) is 87.0 Å². The minimum absolute atomic E-state index is 0. The van der Waals surface area contributed by atoms with E-state index >= 15 is 0 Å². The number of halogens is 2. The summed E-state index contributed by atoms with van der Waals surface area (Å²) in [6, 6.07) is 19.2. The third kappa shape index (κ3) is 10.4. The normalized spacial score (nSPS) is 10.7. The Labute approximate surface area is 247 Å². The van der Waals surface area contributed by atoms with Crippen molar-refractivity contribution >= 4 is 23.8 Å². The SMILES string of the molecule is CCCc1cccc(CCC)c1N=Cc1cccc(C=Nc2c(CCC)cccc2CCC)n1.[Cl-].[Cl-].[Fe+2]. The van der Waals surface area contributed by atoms with Gasteiger partial charge in [0.25, 0.3) is 0 Å². The van der Waals surface area contributed by atoms with Crippen molar-refractivity contribution in [1.82, 2.24) is 4.98 Å². The summed E-state index contributed by atoms with van der Waals surface area (Å²) in [5.41, 5.74) is 9.21. The van der Waals surface area contributed by atoms with Gasteiger partial charge in [0, 0.05) is 0 Å². The number of hydrogen-bond acceptors (Lipinski definition) is 3. The zero-order chi connectivity index (χ0) is 24.2. The van der Waals surface area contributed by atoms with Crippen molar-refractivity contribution in [2.75, 3.05) is 0 Å². The monoisotopic (exact) mass is 579 g/mol. The first-order valence-corrected chi connectivity index (χ1v) is 13.0. The molecule has 0 N–H and O–H groups in total. The van der Waals surface area contributed by atoms with Crippen molar-refractivity contribution in [2.45, 2.75) is 79.1 Å². The zero-order valence-corrected chi connectivity index (χ0v) is 25.1. The van der Waals surface area contributed by atoms with Gasteiger partial charge in [0.15, 0.2) is 0 Å². The van der Waals surface area contributed by atoms with E-state index in [2.05, 4.69) is 64.1 Å². The predicted molar refractivity (Wildman–Crippen MR) is 148 cm³/mol. The van der Waals surface area contributed by atoms with E-state index < -0.39 is 0 Å². The van der Waals surface area contributed by atoms with Gasteiger partial charge in [0.1, 0.15) is 0 Å². The number of aromatic nitrogens is 1. The van der Waals surface area contributed by atoms with Crippen LogP contribution in [0.3, 0.4) is 0 Å². The van der Waals surface area contributed by atoms with E-state index in [1.54, 1.807) is 0 Å². The number of aliphatic imine (C=N–C) groups is 2. The van der Waals surface area contributed by atoms with E-state index in [9.17, 15) is 0 Å². The summed E-state index contributed by atoms with van der Waals surface area (Å²) < 4.78 is 0. The van der Waals surface area contributed by atoms with Gasteiger partial charge in [-0.25, -0.2) is 4.98 Å². The Morgan fingerprint density at radius 2 is 0.838 bits per heavy atom. The van der Waals surface area contributed by atoms with Crippen LogP contribution in [0.25, 0.3) is 0 Å². The van der Waals surface area contributed by atoms with Gasteiger partial charge in [-0.2, -0.15) is 0 Å². The molecule has 0 saturated heterocycles. The molecule has 0 aliphatic rings. The molecule has 0 atom stereocenters. The van der Waals surface area contributed by atoms with Crippen molar-refractivity contribution in [3.05, 3.63) is 88.2 Å². The second-order valence-electron chi connectivity index (χ2n) is 8.85. The van der Waals surface area contributed by atoms with Crippen molar-refractivity contribution in [2.24, 2.45) is 9.98 Å². The van der Waals surface area contributed by atoms with Crippen molar-refractivity contribution < 1.29 is 41.9 Å². The van der Waals surface area contributed by atoms with Crippen LogP contribution < -0.4 is 24.8 Å². The quantitative estimate of drug-likeness (QED) is 0.240. The molecule has 6 heteroatoms. The van der Waals surface area contributed by atoms with Gasteiger partial charge in [-0.15, -0.1) is 0 Å². The maximum atomic E-state index is 4.92. The molecule has 37 heavy (non-hydrogen) atoms. The predicted octanol–water partition coefficient (Wildman–Crippen LogP) is 2.40. The fraction of sp³-hybridized carbons (Fsp3) is 0.387. The third-order valence-electron chi connectivity index (χ3n) is 5.93. The largest absolute Gasteiger partial charge is 2.00 e. The van der Waals surface area contributed by atoms with Crippen LogP contribution in [0.15, 0.2) is 64.6 Å². The Kier molecular flexibility index (Phi) is 18.1. The van der Waals surface area contributed by atoms with Gasteiger partial charge >= 0.3 is 17.1 Å². The number of nitrogens with zero attached hydrogens (tertiary/aromatic N) is 3. The van der Waals surface area contributed by atoms with Crippen LogP contribution in [-0.2, 0) is 42.8 Å². The average Bonchev–Trinajstić information content (AvgIpc) is 2.84. The molecule has 0 amide bonds. The van der Waals surface area contributed by atoms with Crippen LogP contribution in [0.4, 0.5) is 11.4 Å². The number of rotatable bonds is 12. The van der Waals surface area contributed by atoms with Crippen molar-refractivity contribution in [1.29, 1.82) is 0 Å². The first-order valence-electron chi connectivity index (χ1n) is 13.0. The summed E-state index contributed by atoms with van der Waals surface area (Å²) in [5.74, 6) is 0. The zero-order valence-electron chi connectivity index (χ0n) is 22.5. The fourth-order valence-corrected chi connectivity index (χ4v) is 4.38. The molecular formula is C31H39Cl2FeN3. The smallest absolute Gasteiger partial charge is 1.00 e. The van der Waals surface area contributed by atoms with Crippen molar-refractivity contribution in [3.8, 4) is 0 Å². The molecule has 1 aromatic heterocycles. The molecular weight excluding hydrogens is 541 g/mol.